The van der Waals surface area contributed by atoms with E-state index >= 15 is 0 Å². The van der Waals surface area contributed by atoms with Gasteiger partial charge < -0.3 is 14.5 Å². The number of rotatable bonds is 5. The Morgan fingerprint density at radius 3 is 2.74 bits per heavy atom. The summed E-state index contributed by atoms with van der Waals surface area (Å²) in [6, 6.07) is 8.11. The summed E-state index contributed by atoms with van der Waals surface area (Å²) in [5, 5.41) is 2.51. The first kappa shape index (κ1) is 18.2. The highest BCUT2D eigenvalue weighted by atomic mass is 16.5. The van der Waals surface area contributed by atoms with Crippen LogP contribution in [0.15, 0.2) is 53.1 Å². The van der Waals surface area contributed by atoms with E-state index < -0.39 is 17.9 Å². The van der Waals surface area contributed by atoms with Gasteiger partial charge in [0.05, 0.1) is 12.7 Å². The molecule has 27 heavy (non-hydrogen) atoms. The van der Waals surface area contributed by atoms with Crippen LogP contribution < -0.4 is 5.32 Å². The number of nitrogens with one attached hydrogen (secondary N) is 1. The number of aryl methyl sites for hydroxylation is 1. The van der Waals surface area contributed by atoms with Crippen molar-refractivity contribution in [3.05, 3.63) is 65.6 Å². The van der Waals surface area contributed by atoms with Crippen LogP contribution in [0, 0.1) is 6.92 Å². The second-order valence-electron chi connectivity index (χ2n) is 5.92. The van der Waals surface area contributed by atoms with Crippen molar-refractivity contribution in [3.8, 4) is 11.3 Å². The normalized spacial score (nSPS) is 15.2. The maximum Gasteiger partial charge on any atom is 0.337 e. The van der Waals surface area contributed by atoms with Crippen LogP contribution in [0.4, 0.5) is 4.79 Å². The summed E-state index contributed by atoms with van der Waals surface area (Å²) in [5.41, 5.74) is 2.24. The first-order valence-corrected chi connectivity index (χ1v) is 8.19. The highest BCUT2D eigenvalue weighted by Gasteiger charge is 2.32. The predicted octanol–water partition coefficient (Wildman–Crippen LogP) is 3.12. The van der Waals surface area contributed by atoms with E-state index in [2.05, 4.69) is 11.9 Å². The number of hydrogen-bond donors (Lipinski definition) is 1. The third kappa shape index (κ3) is 3.52. The van der Waals surface area contributed by atoms with Crippen molar-refractivity contribution in [1.82, 2.24) is 10.2 Å². The molecule has 3 rings (SSSR count). The molecule has 2 heterocycles. The van der Waals surface area contributed by atoms with Crippen molar-refractivity contribution >= 4 is 24.0 Å². The van der Waals surface area contributed by atoms with Gasteiger partial charge >= 0.3 is 12.0 Å². The van der Waals surface area contributed by atoms with Gasteiger partial charge in [0.15, 0.2) is 0 Å². The summed E-state index contributed by atoms with van der Waals surface area (Å²) in [6.45, 7) is 5.52. The molecular formula is C20H18N2O5. The summed E-state index contributed by atoms with van der Waals surface area (Å²) in [6.07, 6.45) is 2.96. The van der Waals surface area contributed by atoms with Gasteiger partial charge in [0, 0.05) is 18.2 Å². The highest BCUT2D eigenvalue weighted by Crippen LogP contribution is 2.27. The third-order valence-corrected chi connectivity index (χ3v) is 4.10. The Labute approximate surface area is 155 Å². The fourth-order valence-electron chi connectivity index (χ4n) is 2.77. The number of imide groups is 1. The maximum atomic E-state index is 12.2. The summed E-state index contributed by atoms with van der Waals surface area (Å²) in [7, 11) is 1.33. The van der Waals surface area contributed by atoms with Crippen LogP contribution in [0.2, 0.25) is 0 Å². The number of furan rings is 1. The lowest BCUT2D eigenvalue weighted by atomic mass is 10.0. The number of nitrogens with zero attached hydrogens (tertiary/aromatic N) is 1. The molecule has 138 valence electrons. The lowest BCUT2D eigenvalue weighted by molar-refractivity contribution is -0.122. The topological polar surface area (TPSA) is 88.8 Å². The molecule has 1 aliphatic rings. The smallest absolute Gasteiger partial charge is 0.337 e. The van der Waals surface area contributed by atoms with Gasteiger partial charge in [0.2, 0.25) is 0 Å². The number of benzene rings is 1. The number of hydrogen-bond acceptors (Lipinski definition) is 5. The van der Waals surface area contributed by atoms with Crippen molar-refractivity contribution in [1.29, 1.82) is 0 Å². The maximum absolute atomic E-state index is 12.2. The highest BCUT2D eigenvalue weighted by molar-refractivity contribution is 6.13. The molecule has 1 saturated heterocycles. The summed E-state index contributed by atoms with van der Waals surface area (Å²) < 4.78 is 10.5. The number of urea groups is 1. The Morgan fingerprint density at radius 1 is 1.30 bits per heavy atom. The molecule has 1 fully saturated rings. The number of carbonyl (C=O) groups is 3. The van der Waals surface area contributed by atoms with Gasteiger partial charge in [-0.05, 0) is 36.8 Å². The van der Waals surface area contributed by atoms with Crippen molar-refractivity contribution in [2.24, 2.45) is 0 Å². The fourth-order valence-corrected chi connectivity index (χ4v) is 2.77. The Morgan fingerprint density at radius 2 is 2.07 bits per heavy atom. The van der Waals surface area contributed by atoms with E-state index in [1.54, 1.807) is 30.3 Å². The van der Waals surface area contributed by atoms with Gasteiger partial charge in [-0.2, -0.15) is 0 Å². The molecule has 1 aromatic heterocycles. The van der Waals surface area contributed by atoms with E-state index in [-0.39, 0.29) is 12.2 Å². The molecule has 0 aliphatic carbocycles. The van der Waals surface area contributed by atoms with Crippen LogP contribution in [0.1, 0.15) is 21.7 Å². The number of esters is 1. The Kier molecular flexibility index (Phi) is 4.94. The second-order valence-corrected chi connectivity index (χ2v) is 5.92. The number of amides is 3. The average Bonchev–Trinajstić information content (AvgIpc) is 3.21. The van der Waals surface area contributed by atoms with Gasteiger partial charge in [-0.1, -0.05) is 12.1 Å². The first-order valence-electron chi connectivity index (χ1n) is 8.19. The molecule has 0 saturated carbocycles. The molecule has 0 atom stereocenters. The standard InChI is InChI=1S/C20H18N2O5/c1-4-9-22-18(23)16(21-20(22)25)11-14-6-8-17(27-14)15-7-5-13(10-12(15)2)19(24)26-3/h4-8,10-11H,1,9H2,2-3H3,(H,21,25)/b16-11+. The minimum atomic E-state index is -0.493. The zero-order chi connectivity index (χ0) is 19.6. The molecule has 3 amide bonds. The quantitative estimate of drug-likeness (QED) is 0.380. The summed E-state index contributed by atoms with van der Waals surface area (Å²) in [4.78, 5) is 36.7. The lowest BCUT2D eigenvalue weighted by Crippen LogP contribution is -2.30. The molecule has 1 aliphatic heterocycles. The van der Waals surface area contributed by atoms with Crippen LogP contribution in [0.5, 0.6) is 0 Å². The molecule has 0 unspecified atom stereocenters. The monoisotopic (exact) mass is 366 g/mol. The predicted molar refractivity (Wildman–Crippen MR) is 98.6 cm³/mol. The first-order chi connectivity index (χ1) is 12.9. The van der Waals surface area contributed by atoms with Crippen molar-refractivity contribution in [3.63, 3.8) is 0 Å². The van der Waals surface area contributed by atoms with E-state index in [4.69, 9.17) is 9.15 Å². The van der Waals surface area contributed by atoms with Gasteiger partial charge in [-0.15, -0.1) is 6.58 Å². The summed E-state index contributed by atoms with van der Waals surface area (Å²) in [5.74, 6) is 0.159. The van der Waals surface area contributed by atoms with Crippen LogP contribution in [0.25, 0.3) is 17.4 Å². The molecule has 2 aromatic rings. The van der Waals surface area contributed by atoms with Crippen molar-refractivity contribution in [2.45, 2.75) is 6.92 Å². The Balaban J connectivity index is 1.86. The number of ether oxygens (including phenoxy) is 1. The Bertz CT molecular complexity index is 971. The minimum absolute atomic E-state index is 0.136. The molecular weight excluding hydrogens is 348 g/mol. The third-order valence-electron chi connectivity index (χ3n) is 4.10. The van der Waals surface area contributed by atoms with E-state index in [0.29, 0.717) is 17.1 Å². The van der Waals surface area contributed by atoms with Gasteiger partial charge in [0.1, 0.15) is 17.2 Å². The average molecular weight is 366 g/mol. The van der Waals surface area contributed by atoms with Crippen LogP contribution in [-0.2, 0) is 9.53 Å². The minimum Gasteiger partial charge on any atom is -0.465 e. The van der Waals surface area contributed by atoms with Crippen LogP contribution in [-0.4, -0.2) is 36.5 Å². The van der Waals surface area contributed by atoms with Crippen molar-refractivity contribution < 1.29 is 23.5 Å². The molecule has 7 nitrogen and oxygen atoms in total. The number of carbonyl (C=O) groups excluding carboxylic acids is 3. The van der Waals surface area contributed by atoms with E-state index in [0.717, 1.165) is 16.0 Å². The van der Waals surface area contributed by atoms with E-state index in [9.17, 15) is 14.4 Å². The fraction of sp³-hybridized carbons (Fsp3) is 0.150. The van der Waals surface area contributed by atoms with E-state index in [1.807, 2.05) is 6.92 Å². The zero-order valence-electron chi connectivity index (χ0n) is 14.9. The van der Waals surface area contributed by atoms with Gasteiger partial charge in [-0.3, -0.25) is 9.69 Å². The van der Waals surface area contributed by atoms with Crippen molar-refractivity contribution in [2.75, 3.05) is 13.7 Å². The summed E-state index contributed by atoms with van der Waals surface area (Å²) >= 11 is 0. The molecule has 0 radical (unpaired) electrons. The van der Waals surface area contributed by atoms with Gasteiger partial charge in [0.25, 0.3) is 5.91 Å². The van der Waals surface area contributed by atoms with E-state index in [1.165, 1.54) is 19.3 Å². The van der Waals surface area contributed by atoms with Crippen LogP contribution in [0.3, 0.4) is 0 Å². The SMILES string of the molecule is C=CCN1C(=O)N/C(=C/c2ccc(-c3ccc(C(=O)OC)cc3C)o2)C1=O. The molecule has 1 N–H and O–H groups in total. The second kappa shape index (κ2) is 7.33. The number of methoxy groups -OCH3 is 1. The molecule has 0 bridgehead atoms. The molecule has 0 spiro atoms. The zero-order valence-corrected chi connectivity index (χ0v) is 14.9. The molecule has 7 heteroatoms. The van der Waals surface area contributed by atoms with Crippen LogP contribution >= 0.6 is 0 Å². The molecule has 1 aromatic carbocycles. The largest absolute Gasteiger partial charge is 0.465 e. The van der Waals surface area contributed by atoms with Gasteiger partial charge in [-0.25, -0.2) is 9.59 Å². The Hall–Kier alpha value is -3.61. The lowest BCUT2D eigenvalue weighted by Gasteiger charge is -2.06.